The Morgan fingerprint density at radius 1 is 1.43 bits per heavy atom. The van der Waals surface area contributed by atoms with Crippen LogP contribution in [-0.4, -0.2) is 35.4 Å². The van der Waals surface area contributed by atoms with Gasteiger partial charge in [0.05, 0.1) is 12.5 Å². The lowest BCUT2D eigenvalue weighted by Crippen LogP contribution is -2.69. The number of benzene rings is 1. The summed E-state index contributed by atoms with van der Waals surface area (Å²) in [5, 5.41) is 19.9. The van der Waals surface area contributed by atoms with Crippen LogP contribution in [0.3, 0.4) is 0 Å². The highest BCUT2D eigenvalue weighted by atomic mass is 16.5. The van der Waals surface area contributed by atoms with Crippen LogP contribution in [0.2, 0.25) is 0 Å². The minimum atomic E-state index is -1.23. The molecular weight excluding hydrogens is 294 g/mol. The van der Waals surface area contributed by atoms with Gasteiger partial charge in [-0.25, -0.2) is 0 Å². The lowest BCUT2D eigenvalue weighted by atomic mass is 9.47. The first-order chi connectivity index (χ1) is 11.0. The molecule has 2 bridgehead atoms. The van der Waals surface area contributed by atoms with E-state index in [0.29, 0.717) is 36.5 Å². The van der Waals surface area contributed by atoms with Crippen LogP contribution in [0.4, 0.5) is 0 Å². The summed E-state index contributed by atoms with van der Waals surface area (Å²) in [5.41, 5.74) is 0.527. The van der Waals surface area contributed by atoms with Gasteiger partial charge in [-0.1, -0.05) is 6.07 Å². The zero-order chi connectivity index (χ0) is 16.0. The van der Waals surface area contributed by atoms with Crippen LogP contribution < -0.4 is 9.47 Å². The Morgan fingerprint density at radius 3 is 3.04 bits per heavy atom. The summed E-state index contributed by atoms with van der Waals surface area (Å²) in [6.45, 7) is 0. The predicted molar refractivity (Wildman–Crippen MR) is 82.3 cm³/mol. The molecule has 118 valence electrons. The van der Waals surface area contributed by atoms with Gasteiger partial charge in [-0.3, -0.25) is 4.79 Å². The molecule has 0 amide bonds. The molecule has 1 fully saturated rings. The summed E-state index contributed by atoms with van der Waals surface area (Å²) in [7, 11) is 1.58. The maximum atomic E-state index is 12.5. The van der Waals surface area contributed by atoms with E-state index in [2.05, 4.69) is 0 Å². The Kier molecular flexibility index (Phi) is 2.23. The molecule has 1 aliphatic heterocycles. The zero-order valence-corrected chi connectivity index (χ0v) is 12.8. The van der Waals surface area contributed by atoms with E-state index in [9.17, 15) is 9.90 Å². The number of methoxy groups -OCH3 is 1. The van der Waals surface area contributed by atoms with E-state index in [0.717, 1.165) is 11.1 Å². The Morgan fingerprint density at radius 2 is 2.26 bits per heavy atom. The van der Waals surface area contributed by atoms with Crippen molar-refractivity contribution >= 4 is 11.5 Å². The largest absolute Gasteiger partial charge is 0.493 e. The predicted octanol–water partition coefficient (Wildman–Crippen LogP) is 1.55. The van der Waals surface area contributed by atoms with Crippen molar-refractivity contribution in [1.82, 2.24) is 0 Å². The van der Waals surface area contributed by atoms with Gasteiger partial charge in [-0.2, -0.15) is 0 Å². The van der Waals surface area contributed by atoms with E-state index in [-0.39, 0.29) is 11.7 Å². The number of hydrogen-bond donors (Lipinski definition) is 2. The molecule has 5 rings (SSSR count). The Balaban J connectivity index is 1.90. The van der Waals surface area contributed by atoms with Crippen molar-refractivity contribution in [3.05, 3.63) is 35.4 Å². The first-order valence-corrected chi connectivity index (χ1v) is 7.92. The number of aliphatic hydroxyl groups is 1. The topological polar surface area (TPSA) is 79.6 Å². The highest BCUT2D eigenvalue weighted by Crippen LogP contribution is 2.65. The number of hydrogen-bond acceptors (Lipinski definition) is 5. The van der Waals surface area contributed by atoms with Gasteiger partial charge < -0.3 is 20.0 Å². The maximum absolute atomic E-state index is 12.5. The number of nitrogens with one attached hydrogen (secondary N) is 1. The number of ketones is 1. The molecule has 3 aliphatic carbocycles. The van der Waals surface area contributed by atoms with Crippen LogP contribution in [0.25, 0.3) is 0 Å². The zero-order valence-electron chi connectivity index (χ0n) is 12.8. The first kappa shape index (κ1) is 13.3. The van der Waals surface area contributed by atoms with Crippen molar-refractivity contribution in [2.24, 2.45) is 5.92 Å². The van der Waals surface area contributed by atoms with Crippen molar-refractivity contribution < 1.29 is 19.4 Å². The molecule has 1 spiro atoms. The van der Waals surface area contributed by atoms with Crippen LogP contribution in [0.5, 0.6) is 11.5 Å². The molecule has 4 aliphatic rings. The molecule has 1 aromatic rings. The molecule has 0 aromatic heterocycles. The van der Waals surface area contributed by atoms with E-state index < -0.39 is 17.1 Å². The Bertz CT molecular complexity index is 813. The molecule has 1 aromatic carbocycles. The quantitative estimate of drug-likeness (QED) is 0.825. The molecule has 0 saturated heterocycles. The molecular formula is C18H17NO4. The van der Waals surface area contributed by atoms with Gasteiger partial charge in [0.2, 0.25) is 0 Å². The van der Waals surface area contributed by atoms with E-state index in [1.807, 2.05) is 12.1 Å². The molecule has 1 saturated carbocycles. The van der Waals surface area contributed by atoms with Gasteiger partial charge in [0.15, 0.2) is 23.4 Å². The lowest BCUT2D eigenvalue weighted by molar-refractivity contribution is -0.137. The first-order valence-electron chi connectivity index (χ1n) is 7.92. The minimum Gasteiger partial charge on any atom is -0.493 e. The normalized spacial score (nSPS) is 39.0. The SMILES string of the molecule is COc1ccc2c3c1O[C@H]1C(=O)C=C[C@@]4(O)[C@@H](C2)C(=N)CC[C@]314. The standard InChI is InChI=1S/C18H17NO4/c1-22-13-3-2-9-8-10-11(19)4-6-17-14(9)15(13)23-16(17)12(20)5-7-18(10,17)21/h2-3,5,7,10,16,19,21H,4,6,8H2,1H3/t10-,16-,17-,18+/m0/s1. The van der Waals surface area contributed by atoms with Gasteiger partial charge >= 0.3 is 0 Å². The fourth-order valence-electron chi connectivity index (χ4n) is 5.20. The summed E-state index contributed by atoms with van der Waals surface area (Å²) >= 11 is 0. The molecule has 23 heavy (non-hydrogen) atoms. The van der Waals surface area contributed by atoms with Crippen molar-refractivity contribution in [3.63, 3.8) is 0 Å². The summed E-state index contributed by atoms with van der Waals surface area (Å²) in [6, 6.07) is 3.84. The maximum Gasteiger partial charge on any atom is 0.196 e. The van der Waals surface area contributed by atoms with Gasteiger partial charge in [0.25, 0.3) is 0 Å². The third kappa shape index (κ3) is 1.23. The van der Waals surface area contributed by atoms with E-state index in [1.165, 1.54) is 6.08 Å². The second-order valence-corrected chi connectivity index (χ2v) is 6.94. The average Bonchev–Trinajstić information content (AvgIpc) is 2.90. The molecule has 5 nitrogen and oxygen atoms in total. The summed E-state index contributed by atoms with van der Waals surface area (Å²) in [6.07, 6.45) is 4.05. The molecule has 0 radical (unpaired) electrons. The van der Waals surface area contributed by atoms with Crippen LogP contribution in [-0.2, 0) is 16.6 Å². The van der Waals surface area contributed by atoms with Gasteiger partial charge in [-0.05, 0) is 43.0 Å². The number of rotatable bonds is 1. The minimum absolute atomic E-state index is 0.118. The van der Waals surface area contributed by atoms with Crippen molar-refractivity contribution in [3.8, 4) is 11.5 Å². The second-order valence-electron chi connectivity index (χ2n) is 6.94. The van der Waals surface area contributed by atoms with Crippen LogP contribution in [0.15, 0.2) is 24.3 Å². The highest BCUT2D eigenvalue weighted by Gasteiger charge is 2.71. The van der Waals surface area contributed by atoms with Crippen LogP contribution >= 0.6 is 0 Å². The van der Waals surface area contributed by atoms with Gasteiger partial charge in [-0.15, -0.1) is 0 Å². The molecule has 0 unspecified atom stereocenters. The third-order valence-electron chi connectivity index (χ3n) is 6.20. The van der Waals surface area contributed by atoms with E-state index in [4.69, 9.17) is 14.9 Å². The molecule has 5 heteroatoms. The second kappa shape index (κ2) is 3.85. The fourth-order valence-corrected chi connectivity index (χ4v) is 5.20. The van der Waals surface area contributed by atoms with Gasteiger partial charge in [0, 0.05) is 17.2 Å². The average molecular weight is 311 g/mol. The van der Waals surface area contributed by atoms with Crippen LogP contribution in [0.1, 0.15) is 24.0 Å². The van der Waals surface area contributed by atoms with Crippen molar-refractivity contribution in [2.75, 3.05) is 7.11 Å². The Labute approximate surface area is 133 Å². The molecule has 4 atom stereocenters. The number of ether oxygens (including phenoxy) is 2. The third-order valence-corrected chi connectivity index (χ3v) is 6.20. The Hall–Kier alpha value is -2.14. The van der Waals surface area contributed by atoms with Crippen molar-refractivity contribution in [2.45, 2.75) is 36.4 Å². The number of carbonyl (C=O) groups is 1. The van der Waals surface area contributed by atoms with Gasteiger partial charge in [0.1, 0.15) is 5.60 Å². The van der Waals surface area contributed by atoms with Crippen molar-refractivity contribution in [1.29, 1.82) is 5.41 Å². The fraction of sp³-hybridized carbons (Fsp3) is 0.444. The number of carbonyl (C=O) groups excluding carboxylic acids is 1. The van der Waals surface area contributed by atoms with Crippen LogP contribution in [0, 0.1) is 11.3 Å². The molecule has 1 heterocycles. The highest BCUT2D eigenvalue weighted by molar-refractivity contribution is 6.01. The lowest BCUT2D eigenvalue weighted by Gasteiger charge is -2.57. The smallest absolute Gasteiger partial charge is 0.196 e. The summed E-state index contributed by atoms with van der Waals surface area (Å²) < 4.78 is 11.5. The molecule has 2 N–H and O–H groups in total. The summed E-state index contributed by atoms with van der Waals surface area (Å²) in [4.78, 5) is 12.5. The monoisotopic (exact) mass is 311 g/mol. The van der Waals surface area contributed by atoms with E-state index >= 15 is 0 Å². The van der Waals surface area contributed by atoms with E-state index in [1.54, 1.807) is 13.2 Å². The summed E-state index contributed by atoms with van der Waals surface area (Å²) in [5.74, 6) is 0.783.